The van der Waals surface area contributed by atoms with Crippen molar-refractivity contribution in [1.29, 1.82) is 0 Å². The number of hydrogen-bond donors (Lipinski definition) is 1. The zero-order chi connectivity index (χ0) is 16.7. The van der Waals surface area contributed by atoms with Crippen LogP contribution in [0.1, 0.15) is 22.4 Å². The van der Waals surface area contributed by atoms with Crippen LogP contribution < -0.4 is 0 Å². The average molecular weight is 357 g/mol. The minimum atomic E-state index is 0.555. The van der Waals surface area contributed by atoms with Crippen molar-refractivity contribution < 1.29 is 0 Å². The van der Waals surface area contributed by atoms with Crippen molar-refractivity contribution in [3.8, 4) is 0 Å². The summed E-state index contributed by atoms with van der Waals surface area (Å²) in [6.45, 7) is 4.65. The molecule has 0 atom stereocenters. The molecule has 1 aliphatic rings. The number of hydrogen-bond acceptors (Lipinski definition) is 4. The van der Waals surface area contributed by atoms with Gasteiger partial charge in [0.05, 0.1) is 5.52 Å². The summed E-state index contributed by atoms with van der Waals surface area (Å²) in [5.74, 6) is 0. The Labute approximate surface area is 150 Å². The molecule has 0 bridgehead atoms. The molecule has 0 fully saturated rings. The first kappa shape index (κ1) is 15.7. The number of nitrogens with one attached hydrogen (secondary N) is 1. The molecule has 2 aromatic heterocycles. The van der Waals surface area contributed by atoms with E-state index >= 15 is 0 Å². The normalized spacial score (nSPS) is 14.8. The highest BCUT2D eigenvalue weighted by Gasteiger charge is 2.18. The molecule has 4 rings (SSSR count). The lowest BCUT2D eigenvalue weighted by molar-refractivity contribution is 0.242. The van der Waals surface area contributed by atoms with Gasteiger partial charge in [0.25, 0.3) is 0 Å². The maximum Gasteiger partial charge on any atom is 0.196 e. The molecule has 0 aliphatic carbocycles. The zero-order valence-corrected chi connectivity index (χ0v) is 14.9. The topological polar surface area (TPSA) is 44.8 Å². The molecule has 0 amide bonds. The monoisotopic (exact) mass is 356 g/mol. The third kappa shape index (κ3) is 3.07. The Balaban J connectivity index is 1.60. The second-order valence-electron chi connectivity index (χ2n) is 6.29. The van der Waals surface area contributed by atoms with Gasteiger partial charge in [-0.2, -0.15) is 0 Å². The van der Waals surface area contributed by atoms with Crippen molar-refractivity contribution >= 4 is 34.7 Å². The van der Waals surface area contributed by atoms with Crippen LogP contribution in [-0.2, 0) is 19.5 Å². The summed E-state index contributed by atoms with van der Waals surface area (Å²) in [5, 5.41) is 1.72. The molecule has 0 spiro atoms. The fourth-order valence-electron chi connectivity index (χ4n) is 3.19. The van der Waals surface area contributed by atoms with E-state index in [1.54, 1.807) is 0 Å². The quantitative estimate of drug-likeness (QED) is 0.552. The number of benzene rings is 1. The molecule has 1 aromatic carbocycles. The van der Waals surface area contributed by atoms with Gasteiger partial charge in [-0.25, -0.2) is 9.97 Å². The van der Waals surface area contributed by atoms with Crippen LogP contribution in [0.4, 0.5) is 0 Å². The van der Waals surface area contributed by atoms with E-state index in [-0.39, 0.29) is 0 Å². The molecule has 4 nitrogen and oxygen atoms in total. The van der Waals surface area contributed by atoms with Crippen molar-refractivity contribution in [1.82, 2.24) is 19.9 Å². The van der Waals surface area contributed by atoms with Crippen LogP contribution in [0, 0.1) is 11.7 Å². The van der Waals surface area contributed by atoms with Gasteiger partial charge >= 0.3 is 0 Å². The number of nitrogens with zero attached hydrogens (tertiary/aromatic N) is 3. The number of H-pyrrole nitrogens is 1. The van der Waals surface area contributed by atoms with E-state index in [1.807, 2.05) is 6.20 Å². The lowest BCUT2D eigenvalue weighted by atomic mass is 10.1. The number of pyridine rings is 1. The third-order valence-electron chi connectivity index (χ3n) is 4.45. The van der Waals surface area contributed by atoms with Gasteiger partial charge in [-0.1, -0.05) is 23.7 Å². The molecule has 3 aromatic rings. The van der Waals surface area contributed by atoms with Crippen molar-refractivity contribution in [3.63, 3.8) is 0 Å². The highest BCUT2D eigenvalue weighted by atomic mass is 35.5. The molecule has 0 saturated carbocycles. The second kappa shape index (κ2) is 6.24. The summed E-state index contributed by atoms with van der Waals surface area (Å²) >= 11 is 11.5. The Morgan fingerprint density at radius 1 is 1.33 bits per heavy atom. The van der Waals surface area contributed by atoms with Gasteiger partial charge < -0.3 is 4.98 Å². The van der Waals surface area contributed by atoms with Gasteiger partial charge in [0, 0.05) is 54.5 Å². The molecule has 6 heteroatoms. The summed E-state index contributed by atoms with van der Waals surface area (Å²) in [7, 11) is 0. The average Bonchev–Trinajstić information content (AvgIpc) is 2.56. The van der Waals surface area contributed by atoms with Gasteiger partial charge in [-0.15, -0.1) is 0 Å². The van der Waals surface area contributed by atoms with Crippen LogP contribution in [0.25, 0.3) is 10.9 Å². The Bertz CT molecular complexity index is 982. The van der Waals surface area contributed by atoms with Gasteiger partial charge in [0.15, 0.2) is 4.77 Å². The number of aromatic amines is 1. The summed E-state index contributed by atoms with van der Waals surface area (Å²) in [4.78, 5) is 14.3. The molecule has 0 unspecified atom stereocenters. The Morgan fingerprint density at radius 3 is 3.08 bits per heavy atom. The minimum Gasteiger partial charge on any atom is -0.334 e. The molecule has 1 N–H and O–H groups in total. The fourth-order valence-corrected chi connectivity index (χ4v) is 3.57. The molecular formula is C18H17ClN4S. The first-order chi connectivity index (χ1) is 11.6. The van der Waals surface area contributed by atoms with Gasteiger partial charge in [0.1, 0.15) is 5.15 Å². The maximum absolute atomic E-state index is 6.43. The molecule has 24 heavy (non-hydrogen) atoms. The Morgan fingerprint density at radius 2 is 2.21 bits per heavy atom. The predicted molar refractivity (Wildman–Crippen MR) is 98.7 cm³/mol. The molecule has 0 saturated heterocycles. The standard InChI is InChI=1S/C18H17ClN4S/c1-11-2-3-12-7-13(17(19)21-16(12)6-11)9-23-5-4-15-14(10-23)8-20-18(24)22-15/h2-3,6-8H,4-5,9-10H2,1H3,(H,20,22,24). The smallest absolute Gasteiger partial charge is 0.196 e. The van der Waals surface area contributed by atoms with E-state index in [2.05, 4.69) is 51.0 Å². The Hall–Kier alpha value is -1.82. The predicted octanol–water partition coefficient (Wildman–Crippen LogP) is 4.21. The van der Waals surface area contributed by atoms with Gasteiger partial charge in [0.2, 0.25) is 0 Å². The van der Waals surface area contributed by atoms with Crippen LogP contribution in [0.3, 0.4) is 0 Å². The van der Waals surface area contributed by atoms with Crippen molar-refractivity contribution in [2.45, 2.75) is 26.4 Å². The van der Waals surface area contributed by atoms with Crippen molar-refractivity contribution in [3.05, 3.63) is 62.8 Å². The summed E-state index contributed by atoms with van der Waals surface area (Å²) in [6.07, 6.45) is 2.82. The minimum absolute atomic E-state index is 0.555. The van der Waals surface area contributed by atoms with Crippen molar-refractivity contribution in [2.24, 2.45) is 0 Å². The van der Waals surface area contributed by atoms with E-state index < -0.39 is 0 Å². The summed E-state index contributed by atoms with van der Waals surface area (Å²) in [5.41, 5.74) is 5.61. The Kier molecular flexibility index (Phi) is 4.08. The first-order valence-electron chi connectivity index (χ1n) is 7.94. The summed E-state index contributed by atoms with van der Waals surface area (Å²) in [6, 6.07) is 8.42. The number of halogens is 1. The van der Waals surface area contributed by atoms with Crippen LogP contribution in [0.5, 0.6) is 0 Å². The number of aryl methyl sites for hydroxylation is 1. The molecule has 1 aliphatic heterocycles. The summed E-state index contributed by atoms with van der Waals surface area (Å²) < 4.78 is 0.555. The van der Waals surface area contributed by atoms with Gasteiger partial charge in [-0.3, -0.25) is 4.90 Å². The molecule has 3 heterocycles. The molecule has 122 valence electrons. The number of rotatable bonds is 2. The SMILES string of the molecule is Cc1ccc2cc(CN3CCc4[nH]c(=S)ncc4C3)c(Cl)nc2c1. The van der Waals surface area contributed by atoms with Crippen LogP contribution >= 0.6 is 23.8 Å². The third-order valence-corrected chi connectivity index (χ3v) is 4.98. The van der Waals surface area contributed by atoms with E-state index in [4.69, 9.17) is 23.8 Å². The highest BCUT2D eigenvalue weighted by Crippen LogP contribution is 2.25. The highest BCUT2D eigenvalue weighted by molar-refractivity contribution is 7.71. The van der Waals surface area contributed by atoms with Crippen LogP contribution in [0.15, 0.2) is 30.5 Å². The number of fused-ring (bicyclic) bond motifs is 2. The largest absolute Gasteiger partial charge is 0.334 e. The van der Waals surface area contributed by atoms with Crippen LogP contribution in [-0.4, -0.2) is 26.4 Å². The van der Waals surface area contributed by atoms with E-state index in [1.165, 1.54) is 16.8 Å². The van der Waals surface area contributed by atoms with E-state index in [0.29, 0.717) is 9.92 Å². The maximum atomic E-state index is 6.43. The fraction of sp³-hybridized carbons (Fsp3) is 0.278. The lowest BCUT2D eigenvalue weighted by Gasteiger charge is -2.28. The van der Waals surface area contributed by atoms with E-state index in [0.717, 1.165) is 42.5 Å². The molecular weight excluding hydrogens is 340 g/mol. The lowest BCUT2D eigenvalue weighted by Crippen LogP contribution is -2.31. The first-order valence-corrected chi connectivity index (χ1v) is 8.72. The number of aromatic nitrogens is 3. The van der Waals surface area contributed by atoms with Crippen LogP contribution in [0.2, 0.25) is 5.15 Å². The second-order valence-corrected chi connectivity index (χ2v) is 7.03. The van der Waals surface area contributed by atoms with Gasteiger partial charge in [-0.05, 0) is 36.8 Å². The van der Waals surface area contributed by atoms with E-state index in [9.17, 15) is 0 Å². The molecule has 0 radical (unpaired) electrons. The zero-order valence-electron chi connectivity index (χ0n) is 13.3. The van der Waals surface area contributed by atoms with Crippen molar-refractivity contribution in [2.75, 3.05) is 6.54 Å².